The average molecular weight is 359 g/mol. The molecular weight excluding hydrogens is 333 g/mol. The smallest absolute Gasteiger partial charge is 0.322 e. The monoisotopic (exact) mass is 359 g/mol. The molecule has 1 fully saturated rings. The van der Waals surface area contributed by atoms with Gasteiger partial charge in [-0.1, -0.05) is 26.0 Å². The molecule has 0 atom stereocenters. The van der Waals surface area contributed by atoms with Crippen molar-refractivity contribution in [1.29, 1.82) is 0 Å². The molecule has 0 unspecified atom stereocenters. The normalized spacial score (nSPS) is 15.5. The largest absolute Gasteiger partial charge is 0.333 e. The van der Waals surface area contributed by atoms with E-state index in [2.05, 4.69) is 33.6 Å². The summed E-state index contributed by atoms with van der Waals surface area (Å²) in [6, 6.07) is 5.98. The van der Waals surface area contributed by atoms with Crippen molar-refractivity contribution in [3.63, 3.8) is 0 Å². The Labute approximate surface area is 153 Å². The van der Waals surface area contributed by atoms with Crippen LogP contribution in [-0.4, -0.2) is 58.1 Å². The number of carbonyl (C=O) groups is 1. The number of piperazine rings is 1. The molecule has 2 heterocycles. The maximum Gasteiger partial charge on any atom is 0.322 e. The number of aromatic nitrogens is 2. The van der Waals surface area contributed by atoms with Crippen LogP contribution in [0.4, 0.5) is 14.9 Å². The van der Waals surface area contributed by atoms with E-state index in [1.54, 1.807) is 23.1 Å². The highest BCUT2D eigenvalue weighted by atomic mass is 19.1. The molecule has 3 rings (SSSR count). The van der Waals surface area contributed by atoms with Crippen LogP contribution in [0.1, 0.15) is 25.6 Å². The van der Waals surface area contributed by atoms with Gasteiger partial charge in [0.15, 0.2) is 0 Å². The Morgan fingerprint density at radius 2 is 1.92 bits per heavy atom. The lowest BCUT2D eigenvalue weighted by atomic mass is 10.2. The molecule has 140 valence electrons. The van der Waals surface area contributed by atoms with Gasteiger partial charge in [-0.25, -0.2) is 14.2 Å². The van der Waals surface area contributed by atoms with E-state index < -0.39 is 5.82 Å². The minimum Gasteiger partial charge on any atom is -0.333 e. The van der Waals surface area contributed by atoms with Crippen LogP contribution in [0.5, 0.6) is 0 Å². The number of imidazole rings is 1. The van der Waals surface area contributed by atoms with Gasteiger partial charge in [0.2, 0.25) is 0 Å². The van der Waals surface area contributed by atoms with E-state index in [4.69, 9.17) is 0 Å². The Hall–Kier alpha value is -2.41. The average Bonchev–Trinajstić information content (AvgIpc) is 3.11. The number of anilines is 1. The zero-order valence-electron chi connectivity index (χ0n) is 15.4. The molecule has 2 amide bonds. The summed E-state index contributed by atoms with van der Waals surface area (Å²) in [4.78, 5) is 20.8. The number of halogens is 1. The highest BCUT2D eigenvalue weighted by molar-refractivity contribution is 5.89. The number of rotatable bonds is 5. The first-order valence-electron chi connectivity index (χ1n) is 9.08. The van der Waals surface area contributed by atoms with Gasteiger partial charge >= 0.3 is 6.03 Å². The third-order valence-corrected chi connectivity index (χ3v) is 4.70. The second-order valence-corrected chi connectivity index (χ2v) is 6.87. The number of nitrogens with one attached hydrogen (secondary N) is 1. The fraction of sp³-hybridized carbons (Fsp3) is 0.474. The molecule has 1 aromatic carbocycles. The summed E-state index contributed by atoms with van der Waals surface area (Å²) in [7, 11) is 0. The lowest BCUT2D eigenvalue weighted by molar-refractivity contribution is 0.144. The van der Waals surface area contributed by atoms with Crippen molar-refractivity contribution in [3.05, 3.63) is 48.3 Å². The number of hydrogen-bond donors (Lipinski definition) is 1. The first kappa shape index (κ1) is 18.4. The molecule has 0 saturated carbocycles. The van der Waals surface area contributed by atoms with Crippen molar-refractivity contribution in [2.75, 3.05) is 38.0 Å². The molecule has 1 aliphatic rings. The molecule has 1 N–H and O–H groups in total. The van der Waals surface area contributed by atoms with Crippen LogP contribution in [0, 0.1) is 5.82 Å². The number of carbonyl (C=O) groups excluding carboxylic acids is 1. The molecule has 0 aliphatic carbocycles. The van der Waals surface area contributed by atoms with Crippen LogP contribution in [0.25, 0.3) is 0 Å². The molecule has 0 bridgehead atoms. The van der Waals surface area contributed by atoms with E-state index >= 15 is 0 Å². The second-order valence-electron chi connectivity index (χ2n) is 6.87. The topological polar surface area (TPSA) is 53.4 Å². The Balaban J connectivity index is 1.46. The number of para-hydroxylation sites is 1. The van der Waals surface area contributed by atoms with E-state index in [-0.39, 0.29) is 11.7 Å². The first-order valence-corrected chi connectivity index (χ1v) is 9.08. The molecule has 2 aromatic rings. The van der Waals surface area contributed by atoms with Crippen molar-refractivity contribution in [1.82, 2.24) is 19.4 Å². The Kier molecular flexibility index (Phi) is 5.88. The number of nitrogens with zero attached hydrogens (tertiary/aromatic N) is 4. The minimum absolute atomic E-state index is 0.223. The Morgan fingerprint density at radius 1 is 1.19 bits per heavy atom. The summed E-state index contributed by atoms with van der Waals surface area (Å²) in [5, 5.41) is 2.65. The van der Waals surface area contributed by atoms with Gasteiger partial charge in [-0.2, -0.15) is 0 Å². The lowest BCUT2D eigenvalue weighted by Crippen LogP contribution is -2.50. The molecule has 6 nitrogen and oxygen atoms in total. The SMILES string of the molecule is CC(C)c1nccn1CCN1CCN(C(=O)Nc2ccccc2F)CC1. The van der Waals surface area contributed by atoms with Gasteiger partial charge < -0.3 is 14.8 Å². The summed E-state index contributed by atoms with van der Waals surface area (Å²) < 4.78 is 15.9. The van der Waals surface area contributed by atoms with Gasteiger partial charge in [0, 0.05) is 57.6 Å². The molecule has 1 saturated heterocycles. The van der Waals surface area contributed by atoms with Gasteiger partial charge in [0.05, 0.1) is 5.69 Å². The van der Waals surface area contributed by atoms with Crippen molar-refractivity contribution in [2.45, 2.75) is 26.3 Å². The third kappa shape index (κ3) is 4.40. The summed E-state index contributed by atoms with van der Waals surface area (Å²) in [6.07, 6.45) is 3.87. The maximum absolute atomic E-state index is 13.7. The molecule has 7 heteroatoms. The zero-order chi connectivity index (χ0) is 18.5. The standard InChI is InChI=1S/C19H26FN5O/c1-15(2)18-21-7-8-24(18)12-9-23-10-13-25(14-11-23)19(26)22-17-6-4-3-5-16(17)20/h3-8,15H,9-14H2,1-2H3,(H,22,26). The van der Waals surface area contributed by atoms with E-state index in [1.807, 2.05) is 12.4 Å². The van der Waals surface area contributed by atoms with Crippen LogP contribution < -0.4 is 5.32 Å². The number of amides is 2. The van der Waals surface area contributed by atoms with Crippen LogP contribution in [0.15, 0.2) is 36.7 Å². The molecule has 1 aliphatic heterocycles. The minimum atomic E-state index is -0.416. The van der Waals surface area contributed by atoms with Crippen molar-refractivity contribution < 1.29 is 9.18 Å². The summed E-state index contributed by atoms with van der Waals surface area (Å²) in [5.74, 6) is 1.10. The molecular formula is C19H26FN5O. The molecule has 0 radical (unpaired) electrons. The summed E-state index contributed by atoms with van der Waals surface area (Å²) >= 11 is 0. The van der Waals surface area contributed by atoms with Gasteiger partial charge in [0.1, 0.15) is 11.6 Å². The van der Waals surface area contributed by atoms with Crippen LogP contribution in [0.3, 0.4) is 0 Å². The summed E-state index contributed by atoms with van der Waals surface area (Å²) in [6.45, 7) is 9.03. The van der Waals surface area contributed by atoms with E-state index in [9.17, 15) is 9.18 Å². The fourth-order valence-electron chi connectivity index (χ4n) is 3.19. The summed E-state index contributed by atoms with van der Waals surface area (Å²) in [5.41, 5.74) is 0.223. The highest BCUT2D eigenvalue weighted by Gasteiger charge is 2.21. The van der Waals surface area contributed by atoms with E-state index in [0.29, 0.717) is 19.0 Å². The van der Waals surface area contributed by atoms with Gasteiger partial charge in [-0.3, -0.25) is 4.90 Å². The Bertz CT molecular complexity index is 737. The predicted octanol–water partition coefficient (Wildman–Crippen LogP) is 3.00. The molecule has 0 spiro atoms. The Morgan fingerprint density at radius 3 is 2.62 bits per heavy atom. The molecule has 26 heavy (non-hydrogen) atoms. The number of urea groups is 1. The second kappa shape index (κ2) is 8.31. The fourth-order valence-corrected chi connectivity index (χ4v) is 3.19. The van der Waals surface area contributed by atoms with Crippen molar-refractivity contribution >= 4 is 11.7 Å². The van der Waals surface area contributed by atoms with Crippen molar-refractivity contribution in [3.8, 4) is 0 Å². The quantitative estimate of drug-likeness (QED) is 0.893. The van der Waals surface area contributed by atoms with Crippen LogP contribution in [0.2, 0.25) is 0 Å². The van der Waals surface area contributed by atoms with Crippen LogP contribution in [-0.2, 0) is 6.54 Å². The lowest BCUT2D eigenvalue weighted by Gasteiger charge is -2.34. The van der Waals surface area contributed by atoms with Gasteiger partial charge in [-0.05, 0) is 12.1 Å². The molecule has 1 aromatic heterocycles. The van der Waals surface area contributed by atoms with Crippen LogP contribution >= 0.6 is 0 Å². The predicted molar refractivity (Wildman–Crippen MR) is 99.7 cm³/mol. The third-order valence-electron chi connectivity index (χ3n) is 4.70. The number of benzene rings is 1. The van der Waals surface area contributed by atoms with E-state index in [1.165, 1.54) is 6.07 Å². The maximum atomic E-state index is 13.7. The van der Waals surface area contributed by atoms with Crippen molar-refractivity contribution in [2.24, 2.45) is 0 Å². The van der Waals surface area contributed by atoms with Gasteiger partial charge in [0.25, 0.3) is 0 Å². The zero-order valence-corrected chi connectivity index (χ0v) is 15.4. The highest BCUT2D eigenvalue weighted by Crippen LogP contribution is 2.14. The van der Waals surface area contributed by atoms with Gasteiger partial charge in [-0.15, -0.1) is 0 Å². The first-order chi connectivity index (χ1) is 12.5. The van der Waals surface area contributed by atoms with E-state index in [0.717, 1.165) is 32.0 Å². The number of hydrogen-bond acceptors (Lipinski definition) is 3.